The van der Waals surface area contributed by atoms with E-state index in [1.54, 1.807) is 19.1 Å². The van der Waals surface area contributed by atoms with Crippen LogP contribution in [0, 0.1) is 0 Å². The fraction of sp³-hybridized carbons (Fsp3) is 0.625. The molecular weight excluding hydrogens is 172 g/mol. The molecule has 0 aliphatic heterocycles. The summed E-state index contributed by atoms with van der Waals surface area (Å²) in [7, 11) is 1.28. The molecule has 0 aromatic heterocycles. The highest BCUT2D eigenvalue weighted by Gasteiger charge is 2.11. The molecule has 4 N–H and O–H groups in total. The molecule has 0 heterocycles. The maximum Gasteiger partial charge on any atom is 0.319 e. The van der Waals surface area contributed by atoms with Gasteiger partial charge in [0.25, 0.3) is 0 Å². The molecule has 0 bridgehead atoms. The lowest BCUT2D eigenvalue weighted by Gasteiger charge is -2.15. The maximum absolute atomic E-state index is 10.6. The molecule has 0 aromatic carbocycles. The summed E-state index contributed by atoms with van der Waals surface area (Å²) in [5.41, 5.74) is 5.50. The van der Waals surface area contributed by atoms with Crippen LogP contribution in [-0.4, -0.2) is 37.0 Å². The van der Waals surface area contributed by atoms with E-state index in [9.17, 15) is 9.90 Å². The molecule has 0 aliphatic carbocycles. The monoisotopic (exact) mass is 188 g/mol. The number of ether oxygens (including phenoxy) is 1. The Balaban J connectivity index is 3.73. The molecule has 0 saturated heterocycles. The third kappa shape index (κ3) is 5.35. The number of methoxy groups -OCH3 is 1. The second-order valence-corrected chi connectivity index (χ2v) is 2.51. The van der Waals surface area contributed by atoms with Crippen molar-refractivity contribution in [3.63, 3.8) is 0 Å². The van der Waals surface area contributed by atoms with Crippen molar-refractivity contribution in [2.24, 2.45) is 5.73 Å². The minimum absolute atomic E-state index is 0.0527. The second-order valence-electron chi connectivity index (χ2n) is 2.51. The molecule has 0 fully saturated rings. The summed E-state index contributed by atoms with van der Waals surface area (Å²) in [4.78, 5) is 10.6. The maximum atomic E-state index is 10.6. The van der Waals surface area contributed by atoms with Gasteiger partial charge in [0.05, 0.1) is 19.7 Å². The summed E-state index contributed by atoms with van der Waals surface area (Å²) >= 11 is 0. The second kappa shape index (κ2) is 6.59. The molecule has 76 valence electrons. The molecule has 2 unspecified atom stereocenters. The first kappa shape index (κ1) is 12.1. The summed E-state index contributed by atoms with van der Waals surface area (Å²) in [6.07, 6.45) is 2.43. The Morgan fingerprint density at radius 1 is 1.77 bits per heavy atom. The van der Waals surface area contributed by atoms with Gasteiger partial charge in [-0.3, -0.25) is 10.1 Å². The van der Waals surface area contributed by atoms with Crippen LogP contribution in [0.3, 0.4) is 0 Å². The average molecular weight is 188 g/mol. The van der Waals surface area contributed by atoms with Crippen molar-refractivity contribution >= 4 is 5.97 Å². The van der Waals surface area contributed by atoms with Crippen molar-refractivity contribution in [2.45, 2.75) is 19.2 Å². The van der Waals surface area contributed by atoms with E-state index < -0.39 is 18.2 Å². The number of carbonyl (C=O) groups is 1. The van der Waals surface area contributed by atoms with Crippen LogP contribution < -0.4 is 11.1 Å². The normalized spacial score (nSPS) is 15.7. The van der Waals surface area contributed by atoms with Gasteiger partial charge in [0.15, 0.2) is 0 Å². The number of allylic oxidation sites excluding steroid dienone is 1. The molecule has 0 radical (unpaired) electrons. The smallest absolute Gasteiger partial charge is 0.319 e. The van der Waals surface area contributed by atoms with E-state index in [0.717, 1.165) is 0 Å². The van der Waals surface area contributed by atoms with Crippen LogP contribution >= 0.6 is 0 Å². The number of nitrogens with two attached hydrogens (primary N) is 1. The van der Waals surface area contributed by atoms with E-state index in [4.69, 9.17) is 5.73 Å². The summed E-state index contributed by atoms with van der Waals surface area (Å²) < 4.78 is 4.37. The Kier molecular flexibility index (Phi) is 6.13. The minimum atomic E-state index is -0.935. The van der Waals surface area contributed by atoms with Crippen molar-refractivity contribution in [3.8, 4) is 0 Å². The average Bonchev–Trinajstić information content (AvgIpc) is 2.13. The van der Waals surface area contributed by atoms with E-state index in [1.165, 1.54) is 7.11 Å². The van der Waals surface area contributed by atoms with Gasteiger partial charge >= 0.3 is 5.97 Å². The van der Waals surface area contributed by atoms with Crippen LogP contribution in [0.25, 0.3) is 0 Å². The van der Waals surface area contributed by atoms with E-state index in [0.29, 0.717) is 0 Å². The highest BCUT2D eigenvalue weighted by molar-refractivity contribution is 5.71. The van der Waals surface area contributed by atoms with Gasteiger partial charge in [-0.2, -0.15) is 0 Å². The quantitative estimate of drug-likeness (QED) is 0.292. The number of esters is 1. The Hall–Kier alpha value is -0.910. The van der Waals surface area contributed by atoms with Crippen LogP contribution in [-0.2, 0) is 9.53 Å². The molecule has 5 heteroatoms. The molecule has 0 saturated carbocycles. The number of carbonyl (C=O) groups excluding carboxylic acids is 1. The summed E-state index contributed by atoms with van der Waals surface area (Å²) in [6.45, 7) is 1.75. The van der Waals surface area contributed by atoms with Crippen molar-refractivity contribution in [3.05, 3.63) is 12.2 Å². The van der Waals surface area contributed by atoms with Crippen LogP contribution in [0.5, 0.6) is 0 Å². The van der Waals surface area contributed by atoms with Crippen molar-refractivity contribution in [2.75, 3.05) is 13.7 Å². The Bertz CT molecular complexity index is 182. The Morgan fingerprint density at radius 3 is 2.85 bits per heavy atom. The third-order valence-corrected chi connectivity index (χ3v) is 1.46. The first-order valence-corrected chi connectivity index (χ1v) is 3.98. The highest BCUT2D eigenvalue weighted by atomic mass is 16.5. The topological polar surface area (TPSA) is 84.6 Å². The Labute approximate surface area is 77.6 Å². The van der Waals surface area contributed by atoms with E-state index in [2.05, 4.69) is 10.1 Å². The minimum Gasteiger partial charge on any atom is -0.468 e. The van der Waals surface area contributed by atoms with Crippen LogP contribution in [0.2, 0.25) is 0 Å². The van der Waals surface area contributed by atoms with Gasteiger partial charge in [0, 0.05) is 0 Å². The molecule has 0 amide bonds. The number of hydrogen-bond donors (Lipinski definition) is 3. The largest absolute Gasteiger partial charge is 0.468 e. The molecule has 0 aromatic rings. The van der Waals surface area contributed by atoms with E-state index in [-0.39, 0.29) is 6.54 Å². The van der Waals surface area contributed by atoms with Gasteiger partial charge in [-0.05, 0) is 6.92 Å². The fourth-order valence-corrected chi connectivity index (χ4v) is 0.724. The van der Waals surface area contributed by atoms with Gasteiger partial charge in [0.2, 0.25) is 0 Å². The lowest BCUT2D eigenvalue weighted by atomic mass is 10.2. The highest BCUT2D eigenvalue weighted by Crippen LogP contribution is 1.88. The van der Waals surface area contributed by atoms with Gasteiger partial charge in [0.1, 0.15) is 6.23 Å². The van der Waals surface area contributed by atoms with E-state index >= 15 is 0 Å². The van der Waals surface area contributed by atoms with E-state index in [1.807, 2.05) is 0 Å². The third-order valence-electron chi connectivity index (χ3n) is 1.46. The molecule has 2 atom stereocenters. The van der Waals surface area contributed by atoms with Crippen LogP contribution in [0.4, 0.5) is 0 Å². The molecule has 13 heavy (non-hydrogen) atoms. The standard InChI is InChI=1S/C8H16N2O3/c1-3-4-6(9)8(12)10-5-7(11)13-2/h3-4,6,8,10,12H,5,9H2,1-2H3/b4-3+. The lowest BCUT2D eigenvalue weighted by molar-refractivity contribution is -0.140. The SMILES string of the molecule is C/C=C/C(N)C(O)NCC(=O)OC. The number of aliphatic hydroxyl groups excluding tert-OH is 1. The predicted octanol–water partition coefficient (Wildman–Crippen LogP) is -1.03. The van der Waals surface area contributed by atoms with Crippen LogP contribution in [0.15, 0.2) is 12.2 Å². The zero-order valence-corrected chi connectivity index (χ0v) is 7.86. The summed E-state index contributed by atoms with van der Waals surface area (Å²) in [5, 5.41) is 11.8. The number of hydrogen-bond acceptors (Lipinski definition) is 5. The predicted molar refractivity (Wildman–Crippen MR) is 48.8 cm³/mol. The van der Waals surface area contributed by atoms with Gasteiger partial charge in [-0.25, -0.2) is 0 Å². The summed E-state index contributed by atoms with van der Waals surface area (Å²) in [6, 6.07) is -0.519. The molecule has 5 nitrogen and oxygen atoms in total. The molecule has 0 aliphatic rings. The van der Waals surface area contributed by atoms with Crippen molar-refractivity contribution in [1.82, 2.24) is 5.32 Å². The Morgan fingerprint density at radius 2 is 2.38 bits per heavy atom. The zero-order chi connectivity index (χ0) is 10.3. The van der Waals surface area contributed by atoms with Gasteiger partial charge < -0.3 is 15.6 Å². The zero-order valence-electron chi connectivity index (χ0n) is 7.86. The number of aliphatic hydroxyl groups is 1. The number of nitrogens with one attached hydrogen (secondary N) is 1. The molecule has 0 rings (SSSR count). The van der Waals surface area contributed by atoms with Crippen LogP contribution in [0.1, 0.15) is 6.92 Å². The lowest BCUT2D eigenvalue weighted by Crippen LogP contribution is -2.45. The van der Waals surface area contributed by atoms with Gasteiger partial charge in [-0.15, -0.1) is 0 Å². The molecular formula is C8H16N2O3. The first-order chi connectivity index (χ1) is 6.11. The number of rotatable bonds is 5. The van der Waals surface area contributed by atoms with Gasteiger partial charge in [-0.1, -0.05) is 12.2 Å². The first-order valence-electron chi connectivity index (χ1n) is 3.98. The summed E-state index contributed by atoms with van der Waals surface area (Å²) in [5.74, 6) is -0.438. The van der Waals surface area contributed by atoms with Crippen molar-refractivity contribution in [1.29, 1.82) is 0 Å². The molecule has 0 spiro atoms. The fourth-order valence-electron chi connectivity index (χ4n) is 0.724. The van der Waals surface area contributed by atoms with Crippen molar-refractivity contribution < 1.29 is 14.6 Å².